The minimum absolute atomic E-state index is 0.0676. The number of benzene rings is 1. The molecule has 3 rings (SSSR count). The molecule has 3 heteroatoms. The summed E-state index contributed by atoms with van der Waals surface area (Å²) < 4.78 is 0. The molecule has 100 valence electrons. The van der Waals surface area contributed by atoms with Gasteiger partial charge in [0, 0.05) is 22.6 Å². The van der Waals surface area contributed by atoms with E-state index >= 15 is 0 Å². The van der Waals surface area contributed by atoms with Crippen LogP contribution in [0.2, 0.25) is 0 Å². The second-order valence-corrected chi connectivity index (χ2v) is 5.84. The van der Waals surface area contributed by atoms with E-state index in [1.807, 2.05) is 13.0 Å². The van der Waals surface area contributed by atoms with Gasteiger partial charge in [-0.25, -0.2) is 0 Å². The summed E-state index contributed by atoms with van der Waals surface area (Å²) in [5.74, 6) is 0.669. The van der Waals surface area contributed by atoms with Gasteiger partial charge < -0.3 is 5.32 Å². The normalized spacial score (nSPS) is 17.8. The van der Waals surface area contributed by atoms with E-state index in [9.17, 15) is 0 Å². The molecule has 0 aliphatic heterocycles. The molecule has 1 aliphatic rings. The second kappa shape index (κ2) is 5.01. The lowest BCUT2D eigenvalue weighted by Crippen LogP contribution is -2.37. The number of hydrogen-bond acceptors (Lipinski definition) is 2. The average Bonchev–Trinajstić information content (AvgIpc) is 2.88. The minimum Gasteiger partial charge on any atom is -0.378 e. The van der Waals surface area contributed by atoms with Crippen LogP contribution in [0.1, 0.15) is 31.4 Å². The fourth-order valence-electron chi connectivity index (χ4n) is 3.04. The Hall–Kier alpha value is -1.28. The molecular weight excluding hydrogens is 256 g/mol. The van der Waals surface area contributed by atoms with Crippen LogP contribution in [0, 0.1) is 6.92 Å². The van der Waals surface area contributed by atoms with Gasteiger partial charge in [0.2, 0.25) is 0 Å². The number of aromatic nitrogens is 1. The first-order valence-corrected chi connectivity index (χ1v) is 7.46. The van der Waals surface area contributed by atoms with E-state index in [1.54, 1.807) is 0 Å². The van der Waals surface area contributed by atoms with Gasteiger partial charge in [-0.05, 0) is 31.9 Å². The maximum Gasteiger partial charge on any atom is 0.0725 e. The number of rotatable bonds is 3. The van der Waals surface area contributed by atoms with Crippen molar-refractivity contribution in [1.82, 2.24) is 4.98 Å². The summed E-state index contributed by atoms with van der Waals surface area (Å²) in [7, 11) is 0. The highest BCUT2D eigenvalue weighted by molar-refractivity contribution is 6.19. The van der Waals surface area contributed by atoms with E-state index in [0.29, 0.717) is 5.88 Å². The summed E-state index contributed by atoms with van der Waals surface area (Å²) in [4.78, 5) is 4.59. The molecule has 1 N–H and O–H groups in total. The molecule has 0 unspecified atom stereocenters. The first kappa shape index (κ1) is 12.7. The Labute approximate surface area is 119 Å². The fourth-order valence-corrected chi connectivity index (χ4v) is 3.37. The largest absolute Gasteiger partial charge is 0.378 e. The van der Waals surface area contributed by atoms with Gasteiger partial charge in [0.1, 0.15) is 0 Å². The highest BCUT2D eigenvalue weighted by atomic mass is 35.5. The Morgan fingerprint density at radius 3 is 2.74 bits per heavy atom. The van der Waals surface area contributed by atoms with E-state index in [2.05, 4.69) is 34.6 Å². The summed E-state index contributed by atoms with van der Waals surface area (Å²) in [6.45, 7) is 2.04. The zero-order valence-electron chi connectivity index (χ0n) is 11.2. The van der Waals surface area contributed by atoms with Gasteiger partial charge in [0.05, 0.1) is 11.1 Å². The number of anilines is 1. The molecule has 1 heterocycles. The lowest BCUT2D eigenvalue weighted by molar-refractivity contribution is 0.540. The number of aryl methyl sites for hydroxylation is 1. The van der Waals surface area contributed by atoms with Crippen LogP contribution >= 0.6 is 11.6 Å². The number of halogens is 1. The van der Waals surface area contributed by atoms with Gasteiger partial charge in [-0.3, -0.25) is 4.98 Å². The first-order chi connectivity index (χ1) is 9.22. The van der Waals surface area contributed by atoms with Crippen LogP contribution in [0.4, 0.5) is 5.69 Å². The van der Waals surface area contributed by atoms with Crippen molar-refractivity contribution >= 4 is 28.2 Å². The van der Waals surface area contributed by atoms with Crippen molar-refractivity contribution in [2.75, 3.05) is 11.2 Å². The average molecular weight is 275 g/mol. The van der Waals surface area contributed by atoms with Crippen LogP contribution in [0.15, 0.2) is 30.3 Å². The van der Waals surface area contributed by atoms with Crippen LogP contribution in [0.3, 0.4) is 0 Å². The van der Waals surface area contributed by atoms with Crippen LogP contribution in [0.25, 0.3) is 10.9 Å². The summed E-state index contributed by atoms with van der Waals surface area (Å²) in [6.07, 6.45) is 4.85. The zero-order chi connectivity index (χ0) is 13.3. The first-order valence-electron chi connectivity index (χ1n) is 6.93. The second-order valence-electron chi connectivity index (χ2n) is 5.57. The highest BCUT2D eigenvalue weighted by Crippen LogP contribution is 2.36. The fraction of sp³-hybridized carbons (Fsp3) is 0.438. The molecule has 0 amide bonds. The predicted molar refractivity (Wildman–Crippen MR) is 82.0 cm³/mol. The van der Waals surface area contributed by atoms with Gasteiger partial charge in [-0.1, -0.05) is 31.0 Å². The molecule has 0 spiro atoms. The number of nitrogens with zero attached hydrogens (tertiary/aromatic N) is 1. The molecule has 2 aromatic rings. The third-order valence-electron chi connectivity index (χ3n) is 4.06. The molecule has 1 aliphatic carbocycles. The molecule has 0 atom stereocenters. The Kier molecular flexibility index (Phi) is 3.36. The monoisotopic (exact) mass is 274 g/mol. The Bertz CT molecular complexity index is 588. The van der Waals surface area contributed by atoms with Crippen molar-refractivity contribution in [3.05, 3.63) is 36.0 Å². The Morgan fingerprint density at radius 1 is 1.26 bits per heavy atom. The lowest BCUT2D eigenvalue weighted by Gasteiger charge is -2.30. The van der Waals surface area contributed by atoms with E-state index in [-0.39, 0.29) is 5.54 Å². The van der Waals surface area contributed by atoms with Crippen molar-refractivity contribution in [3.63, 3.8) is 0 Å². The maximum atomic E-state index is 6.23. The zero-order valence-corrected chi connectivity index (χ0v) is 12.0. The van der Waals surface area contributed by atoms with Crippen molar-refractivity contribution < 1.29 is 0 Å². The lowest BCUT2D eigenvalue weighted by atomic mass is 9.99. The number of fused-ring (bicyclic) bond motifs is 1. The van der Waals surface area contributed by atoms with E-state index in [1.165, 1.54) is 23.9 Å². The number of pyridine rings is 1. The van der Waals surface area contributed by atoms with Crippen LogP contribution in [-0.2, 0) is 0 Å². The van der Waals surface area contributed by atoms with E-state index in [0.717, 1.165) is 24.1 Å². The molecule has 19 heavy (non-hydrogen) atoms. The minimum atomic E-state index is 0.0676. The number of alkyl halides is 1. The van der Waals surface area contributed by atoms with Crippen molar-refractivity contribution in [3.8, 4) is 0 Å². The number of nitrogens with one attached hydrogen (secondary N) is 1. The summed E-state index contributed by atoms with van der Waals surface area (Å²) >= 11 is 6.23. The predicted octanol–water partition coefficient (Wildman–Crippen LogP) is 4.51. The van der Waals surface area contributed by atoms with E-state index < -0.39 is 0 Å². The highest BCUT2D eigenvalue weighted by Gasteiger charge is 2.33. The van der Waals surface area contributed by atoms with Crippen LogP contribution in [-0.4, -0.2) is 16.4 Å². The molecule has 0 radical (unpaired) electrons. The molecule has 1 saturated carbocycles. The van der Waals surface area contributed by atoms with Gasteiger partial charge in [0.15, 0.2) is 0 Å². The molecule has 1 fully saturated rings. The number of para-hydroxylation sites is 1. The van der Waals surface area contributed by atoms with Crippen molar-refractivity contribution in [1.29, 1.82) is 0 Å². The standard InChI is InChI=1S/C16H19ClN2/c1-12-10-15(13-6-2-3-7-14(13)18-12)19-16(11-17)8-4-5-9-16/h2-3,6-7,10H,4-5,8-9,11H2,1H3,(H,18,19). The SMILES string of the molecule is Cc1cc(NC2(CCl)CCCC2)c2ccccc2n1. The quantitative estimate of drug-likeness (QED) is 0.833. The van der Waals surface area contributed by atoms with Crippen molar-refractivity contribution in [2.24, 2.45) is 0 Å². The molecule has 1 aromatic carbocycles. The Morgan fingerprint density at radius 2 is 2.00 bits per heavy atom. The van der Waals surface area contributed by atoms with Gasteiger partial charge in [-0.2, -0.15) is 0 Å². The summed E-state index contributed by atoms with van der Waals surface area (Å²) in [6, 6.07) is 10.4. The topological polar surface area (TPSA) is 24.9 Å². The van der Waals surface area contributed by atoms with E-state index in [4.69, 9.17) is 11.6 Å². The summed E-state index contributed by atoms with van der Waals surface area (Å²) in [5.41, 5.74) is 3.33. The molecule has 2 nitrogen and oxygen atoms in total. The molecule has 0 saturated heterocycles. The van der Waals surface area contributed by atoms with Crippen LogP contribution < -0.4 is 5.32 Å². The van der Waals surface area contributed by atoms with Crippen LogP contribution in [0.5, 0.6) is 0 Å². The van der Waals surface area contributed by atoms with Gasteiger partial charge in [-0.15, -0.1) is 11.6 Å². The van der Waals surface area contributed by atoms with Crippen molar-refractivity contribution in [2.45, 2.75) is 38.1 Å². The number of hydrogen-bond donors (Lipinski definition) is 1. The summed E-state index contributed by atoms with van der Waals surface area (Å²) in [5, 5.41) is 4.90. The third kappa shape index (κ3) is 2.42. The van der Waals surface area contributed by atoms with Gasteiger partial charge in [0.25, 0.3) is 0 Å². The smallest absolute Gasteiger partial charge is 0.0725 e. The maximum absolute atomic E-state index is 6.23. The molecule has 1 aromatic heterocycles. The molecular formula is C16H19ClN2. The van der Waals surface area contributed by atoms with Gasteiger partial charge >= 0.3 is 0 Å². The Balaban J connectivity index is 2.04. The molecule has 0 bridgehead atoms. The third-order valence-corrected chi connectivity index (χ3v) is 4.57.